The van der Waals surface area contributed by atoms with Crippen molar-refractivity contribution in [1.29, 1.82) is 0 Å². The van der Waals surface area contributed by atoms with E-state index in [0.717, 1.165) is 18.9 Å². The molecule has 1 N–H and O–H groups in total. The fraction of sp³-hybridized carbons (Fsp3) is 0.500. The number of hydrogen-bond donors (Lipinski definition) is 1. The Hall–Kier alpha value is -1.91. The fourth-order valence-corrected chi connectivity index (χ4v) is 1.99. The van der Waals surface area contributed by atoms with Crippen LogP contribution in [0.4, 0.5) is 4.39 Å². The third-order valence-electron chi connectivity index (χ3n) is 3.10. The first kappa shape index (κ1) is 17.1. The van der Waals surface area contributed by atoms with Gasteiger partial charge in [0.2, 0.25) is 0 Å². The Labute approximate surface area is 124 Å². The predicted molar refractivity (Wildman–Crippen MR) is 79.0 cm³/mol. The zero-order valence-corrected chi connectivity index (χ0v) is 12.9. The van der Waals surface area contributed by atoms with Crippen molar-refractivity contribution in [2.75, 3.05) is 0 Å². The van der Waals surface area contributed by atoms with Gasteiger partial charge < -0.3 is 10.1 Å². The number of ketones is 1. The second-order valence-corrected chi connectivity index (χ2v) is 5.16. The van der Waals surface area contributed by atoms with Gasteiger partial charge in [-0.15, -0.1) is 0 Å². The molecule has 5 heteroatoms. The van der Waals surface area contributed by atoms with Crippen LogP contribution in [0.2, 0.25) is 0 Å². The fourth-order valence-electron chi connectivity index (χ4n) is 1.99. The number of amides is 1. The first-order valence-corrected chi connectivity index (χ1v) is 7.12. The normalized spacial score (nSPS) is 13.4. The summed E-state index contributed by atoms with van der Waals surface area (Å²) in [5.74, 6) is -0.859. The molecule has 0 saturated carbocycles. The van der Waals surface area contributed by atoms with Crippen molar-refractivity contribution in [3.8, 4) is 5.75 Å². The number of halogens is 1. The van der Waals surface area contributed by atoms with E-state index >= 15 is 0 Å². The monoisotopic (exact) mass is 295 g/mol. The second-order valence-electron chi connectivity index (χ2n) is 5.16. The molecule has 0 spiro atoms. The van der Waals surface area contributed by atoms with E-state index in [1.807, 2.05) is 13.8 Å². The lowest BCUT2D eigenvalue weighted by Gasteiger charge is -2.19. The lowest BCUT2D eigenvalue weighted by molar-refractivity contribution is -0.127. The lowest BCUT2D eigenvalue weighted by atomic mass is 10.1. The highest BCUT2D eigenvalue weighted by Gasteiger charge is 2.19. The van der Waals surface area contributed by atoms with Gasteiger partial charge in [0.05, 0.1) is 5.56 Å². The Bertz CT molecular complexity index is 516. The summed E-state index contributed by atoms with van der Waals surface area (Å²) < 4.78 is 18.7. The van der Waals surface area contributed by atoms with Gasteiger partial charge >= 0.3 is 0 Å². The Kier molecular flexibility index (Phi) is 6.34. The molecular weight excluding hydrogens is 273 g/mol. The van der Waals surface area contributed by atoms with Gasteiger partial charge in [-0.3, -0.25) is 9.59 Å². The summed E-state index contributed by atoms with van der Waals surface area (Å²) in [6.45, 7) is 6.89. The van der Waals surface area contributed by atoms with Crippen molar-refractivity contribution in [2.45, 2.75) is 52.7 Å². The molecule has 21 heavy (non-hydrogen) atoms. The minimum atomic E-state index is -0.757. The molecular formula is C16H22FNO3. The molecule has 1 amide bonds. The number of benzene rings is 1. The molecule has 0 aliphatic carbocycles. The molecule has 116 valence electrons. The first-order chi connectivity index (χ1) is 9.85. The Morgan fingerprint density at radius 2 is 2.00 bits per heavy atom. The molecule has 0 aliphatic rings. The van der Waals surface area contributed by atoms with Gasteiger partial charge in [0, 0.05) is 6.04 Å². The molecule has 2 unspecified atom stereocenters. The second kappa shape index (κ2) is 7.76. The maximum absolute atomic E-state index is 13.2. The van der Waals surface area contributed by atoms with Gasteiger partial charge in [-0.1, -0.05) is 13.3 Å². The Balaban J connectivity index is 2.76. The predicted octanol–water partition coefficient (Wildman–Crippen LogP) is 3.10. The topological polar surface area (TPSA) is 55.4 Å². The standard InChI is InChI=1S/C16H22FNO3/c1-5-6-10(2)18-16(20)12(4)21-15-8-7-13(17)9-14(15)11(3)19/h7-10,12H,5-6H2,1-4H3,(H,18,20). The van der Waals surface area contributed by atoms with Crippen molar-refractivity contribution in [3.05, 3.63) is 29.6 Å². The highest BCUT2D eigenvalue weighted by molar-refractivity contribution is 5.97. The Morgan fingerprint density at radius 1 is 1.33 bits per heavy atom. The van der Waals surface area contributed by atoms with Crippen LogP contribution < -0.4 is 10.1 Å². The molecule has 0 bridgehead atoms. The summed E-state index contributed by atoms with van der Waals surface area (Å²) in [5, 5.41) is 2.84. The number of rotatable bonds is 7. The molecule has 0 radical (unpaired) electrons. The molecule has 0 heterocycles. The molecule has 4 nitrogen and oxygen atoms in total. The average molecular weight is 295 g/mol. The SMILES string of the molecule is CCCC(C)NC(=O)C(C)Oc1ccc(F)cc1C(C)=O. The lowest BCUT2D eigenvalue weighted by Crippen LogP contribution is -2.41. The average Bonchev–Trinajstić information content (AvgIpc) is 2.40. The molecule has 1 rings (SSSR count). The van der Waals surface area contributed by atoms with E-state index in [1.54, 1.807) is 6.92 Å². The summed E-state index contributed by atoms with van der Waals surface area (Å²) in [4.78, 5) is 23.5. The van der Waals surface area contributed by atoms with E-state index in [9.17, 15) is 14.0 Å². The highest BCUT2D eigenvalue weighted by atomic mass is 19.1. The van der Waals surface area contributed by atoms with E-state index in [4.69, 9.17) is 4.74 Å². The quantitative estimate of drug-likeness (QED) is 0.786. The largest absolute Gasteiger partial charge is 0.480 e. The number of carbonyl (C=O) groups is 2. The van der Waals surface area contributed by atoms with E-state index in [2.05, 4.69) is 5.32 Å². The number of carbonyl (C=O) groups excluding carboxylic acids is 2. The van der Waals surface area contributed by atoms with Crippen LogP contribution in [0.3, 0.4) is 0 Å². The summed E-state index contributed by atoms with van der Waals surface area (Å²) in [7, 11) is 0. The van der Waals surface area contributed by atoms with E-state index < -0.39 is 11.9 Å². The zero-order valence-electron chi connectivity index (χ0n) is 12.9. The third kappa shape index (κ3) is 5.17. The summed E-state index contributed by atoms with van der Waals surface area (Å²) in [6, 6.07) is 3.74. The van der Waals surface area contributed by atoms with Crippen LogP contribution in [0.25, 0.3) is 0 Å². The van der Waals surface area contributed by atoms with Gasteiger partial charge in [0.15, 0.2) is 11.9 Å². The van der Waals surface area contributed by atoms with E-state index in [-0.39, 0.29) is 29.0 Å². The minimum Gasteiger partial charge on any atom is -0.480 e. The van der Waals surface area contributed by atoms with Gasteiger partial charge in [-0.25, -0.2) is 4.39 Å². The third-order valence-corrected chi connectivity index (χ3v) is 3.10. The zero-order chi connectivity index (χ0) is 16.0. The van der Waals surface area contributed by atoms with Crippen LogP contribution in [0.15, 0.2) is 18.2 Å². The maximum atomic E-state index is 13.2. The van der Waals surface area contributed by atoms with Crippen LogP contribution in [0.5, 0.6) is 5.75 Å². The Morgan fingerprint density at radius 3 is 2.57 bits per heavy atom. The van der Waals surface area contributed by atoms with Crippen molar-refractivity contribution in [3.63, 3.8) is 0 Å². The van der Waals surface area contributed by atoms with Gasteiger partial charge in [-0.2, -0.15) is 0 Å². The summed E-state index contributed by atoms with van der Waals surface area (Å²) >= 11 is 0. The summed E-state index contributed by atoms with van der Waals surface area (Å²) in [6.07, 6.45) is 1.10. The molecule has 0 aliphatic heterocycles. The molecule has 0 saturated heterocycles. The molecule has 2 atom stereocenters. The van der Waals surface area contributed by atoms with Gasteiger partial charge in [-0.05, 0) is 45.4 Å². The van der Waals surface area contributed by atoms with Crippen LogP contribution in [-0.4, -0.2) is 23.8 Å². The smallest absolute Gasteiger partial charge is 0.260 e. The van der Waals surface area contributed by atoms with Crippen molar-refractivity contribution < 1.29 is 18.7 Å². The van der Waals surface area contributed by atoms with Gasteiger partial charge in [0.1, 0.15) is 11.6 Å². The van der Waals surface area contributed by atoms with Crippen LogP contribution in [-0.2, 0) is 4.79 Å². The van der Waals surface area contributed by atoms with Crippen molar-refractivity contribution >= 4 is 11.7 Å². The number of Topliss-reactive ketones (excluding diaryl/α,β-unsaturated/α-hetero) is 1. The van der Waals surface area contributed by atoms with Crippen molar-refractivity contribution in [2.24, 2.45) is 0 Å². The van der Waals surface area contributed by atoms with E-state index in [1.165, 1.54) is 19.1 Å². The molecule has 0 fully saturated rings. The maximum Gasteiger partial charge on any atom is 0.260 e. The number of ether oxygens (including phenoxy) is 1. The number of hydrogen-bond acceptors (Lipinski definition) is 3. The molecule has 1 aromatic carbocycles. The van der Waals surface area contributed by atoms with Crippen LogP contribution in [0, 0.1) is 5.82 Å². The molecule has 1 aromatic rings. The molecule has 0 aromatic heterocycles. The first-order valence-electron chi connectivity index (χ1n) is 7.12. The number of nitrogens with one attached hydrogen (secondary N) is 1. The van der Waals surface area contributed by atoms with Crippen molar-refractivity contribution in [1.82, 2.24) is 5.32 Å². The van der Waals surface area contributed by atoms with Gasteiger partial charge in [0.25, 0.3) is 5.91 Å². The van der Waals surface area contributed by atoms with Crippen LogP contribution >= 0.6 is 0 Å². The minimum absolute atomic E-state index is 0.0639. The highest BCUT2D eigenvalue weighted by Crippen LogP contribution is 2.21. The summed E-state index contributed by atoms with van der Waals surface area (Å²) in [5.41, 5.74) is 0.135. The van der Waals surface area contributed by atoms with Crippen LogP contribution in [0.1, 0.15) is 50.9 Å². The van der Waals surface area contributed by atoms with E-state index in [0.29, 0.717) is 0 Å².